The second-order valence-electron chi connectivity index (χ2n) is 10.4. The minimum absolute atomic E-state index is 0.279. The number of carboxylic acid groups (broad SMARTS) is 1. The Morgan fingerprint density at radius 2 is 1.75 bits per heavy atom. The van der Waals surface area contributed by atoms with Crippen LogP contribution in [-0.4, -0.2) is 29.1 Å². The van der Waals surface area contributed by atoms with E-state index in [0.717, 1.165) is 33.5 Å². The van der Waals surface area contributed by atoms with Crippen LogP contribution in [0.4, 0.5) is 10.1 Å². The molecule has 1 heterocycles. The number of carbonyl (C=O) groups excluding carboxylic acids is 1. The molecule has 1 unspecified atom stereocenters. The molecule has 0 saturated heterocycles. The molecule has 1 amide bonds. The molecular formula is C30H32FNO4. The molecule has 0 fully saturated rings. The van der Waals surface area contributed by atoms with Gasteiger partial charge >= 0.3 is 5.97 Å². The number of ether oxygens (including phenoxy) is 1. The van der Waals surface area contributed by atoms with E-state index >= 15 is 0 Å². The van der Waals surface area contributed by atoms with Crippen LogP contribution in [0.2, 0.25) is 0 Å². The zero-order chi connectivity index (χ0) is 26.2. The zero-order valence-electron chi connectivity index (χ0n) is 21.4. The number of rotatable bonds is 5. The van der Waals surface area contributed by atoms with Gasteiger partial charge in [0.1, 0.15) is 5.82 Å². The van der Waals surface area contributed by atoms with Gasteiger partial charge in [-0.25, -0.2) is 9.18 Å². The number of amides is 1. The summed E-state index contributed by atoms with van der Waals surface area (Å²) >= 11 is 0. The van der Waals surface area contributed by atoms with E-state index in [1.165, 1.54) is 18.2 Å². The lowest BCUT2D eigenvalue weighted by molar-refractivity contribution is -0.160. The maximum absolute atomic E-state index is 13.9. The molecule has 1 aliphatic heterocycles. The van der Waals surface area contributed by atoms with E-state index in [4.69, 9.17) is 4.74 Å². The summed E-state index contributed by atoms with van der Waals surface area (Å²) in [7, 11) is 0. The Balaban J connectivity index is 1.96. The van der Waals surface area contributed by atoms with E-state index < -0.39 is 23.5 Å². The van der Waals surface area contributed by atoms with Gasteiger partial charge in [-0.15, -0.1) is 0 Å². The molecule has 5 nitrogen and oxygen atoms in total. The van der Waals surface area contributed by atoms with Gasteiger partial charge in [0.15, 0.2) is 6.10 Å². The molecule has 3 aromatic carbocycles. The lowest BCUT2D eigenvalue weighted by Crippen LogP contribution is -2.36. The van der Waals surface area contributed by atoms with Crippen molar-refractivity contribution in [2.45, 2.75) is 59.2 Å². The Bertz CT molecular complexity index is 1310. The van der Waals surface area contributed by atoms with Crippen LogP contribution in [0.1, 0.15) is 65.9 Å². The third kappa shape index (κ3) is 5.19. The number of benzene rings is 3. The van der Waals surface area contributed by atoms with Crippen LogP contribution in [0.5, 0.6) is 0 Å². The number of hydrogen-bond acceptors (Lipinski definition) is 3. The average Bonchev–Trinajstić information content (AvgIpc) is 2.81. The highest BCUT2D eigenvalue weighted by Gasteiger charge is 2.35. The molecule has 1 N–H and O–H groups in total. The first-order valence-electron chi connectivity index (χ1n) is 12.2. The summed E-state index contributed by atoms with van der Waals surface area (Å²) in [5.41, 5.74) is 5.30. The third-order valence-corrected chi connectivity index (χ3v) is 6.37. The number of carbonyl (C=O) groups is 2. The van der Waals surface area contributed by atoms with Crippen LogP contribution in [0.3, 0.4) is 0 Å². The number of carboxylic acids is 1. The molecule has 4 rings (SSSR count). The molecule has 0 radical (unpaired) electrons. The van der Waals surface area contributed by atoms with Crippen LogP contribution in [0.25, 0.3) is 11.1 Å². The second kappa shape index (κ2) is 9.86. The predicted molar refractivity (Wildman–Crippen MR) is 139 cm³/mol. The third-order valence-electron chi connectivity index (χ3n) is 6.37. The molecule has 188 valence electrons. The van der Waals surface area contributed by atoms with Crippen LogP contribution < -0.4 is 4.90 Å². The Morgan fingerprint density at radius 3 is 2.36 bits per heavy atom. The topological polar surface area (TPSA) is 66.8 Å². The smallest absolute Gasteiger partial charge is 0.337 e. The minimum atomic E-state index is -1.18. The van der Waals surface area contributed by atoms with Crippen LogP contribution >= 0.6 is 0 Å². The number of halogens is 1. The van der Waals surface area contributed by atoms with Crippen molar-refractivity contribution >= 4 is 17.6 Å². The molecule has 1 atom stereocenters. The van der Waals surface area contributed by atoms with Crippen molar-refractivity contribution in [3.05, 3.63) is 88.2 Å². The standard InChI is InChI=1S/C30H32FNO4/c1-18-11-13-20(14-12-18)26-23-10-7-15-32(28(33)21-8-6-9-22(31)17-21)24(23)16-19(2)25(26)27(29(34)35)36-30(3,4)5/h6,8-9,11-14,16-17,27H,7,10,15H2,1-5H3,(H,34,35). The van der Waals surface area contributed by atoms with Crippen LogP contribution in [0, 0.1) is 19.7 Å². The number of nitrogens with zero attached hydrogens (tertiary/aromatic N) is 1. The van der Waals surface area contributed by atoms with E-state index in [-0.39, 0.29) is 11.5 Å². The molecule has 0 aliphatic carbocycles. The monoisotopic (exact) mass is 489 g/mol. The summed E-state index contributed by atoms with van der Waals surface area (Å²) in [6, 6.07) is 15.5. The fourth-order valence-electron chi connectivity index (χ4n) is 4.85. The van der Waals surface area contributed by atoms with Crippen molar-refractivity contribution < 1.29 is 23.8 Å². The first-order valence-corrected chi connectivity index (χ1v) is 12.2. The zero-order valence-corrected chi connectivity index (χ0v) is 21.4. The van der Waals surface area contributed by atoms with Gasteiger partial charge < -0.3 is 14.7 Å². The largest absolute Gasteiger partial charge is 0.479 e. The van der Waals surface area contributed by atoms with Gasteiger partial charge in [-0.3, -0.25) is 4.79 Å². The van der Waals surface area contributed by atoms with E-state index in [1.807, 2.05) is 65.0 Å². The predicted octanol–water partition coefficient (Wildman–Crippen LogP) is 6.64. The molecule has 36 heavy (non-hydrogen) atoms. The van der Waals surface area contributed by atoms with E-state index in [1.54, 1.807) is 11.0 Å². The van der Waals surface area contributed by atoms with Crippen molar-refractivity contribution in [2.75, 3.05) is 11.4 Å². The molecule has 0 spiro atoms. The average molecular weight is 490 g/mol. The highest BCUT2D eigenvalue weighted by molar-refractivity contribution is 6.07. The lowest BCUT2D eigenvalue weighted by atomic mass is 9.83. The summed E-state index contributed by atoms with van der Waals surface area (Å²) in [5.74, 6) is -1.81. The van der Waals surface area contributed by atoms with Gasteiger partial charge in [-0.1, -0.05) is 35.9 Å². The second-order valence-corrected chi connectivity index (χ2v) is 10.4. The number of anilines is 1. The normalized spacial score (nSPS) is 14.3. The molecule has 3 aromatic rings. The quantitative estimate of drug-likeness (QED) is 0.436. The number of fused-ring (bicyclic) bond motifs is 1. The van der Waals surface area contributed by atoms with Gasteiger partial charge in [-0.2, -0.15) is 0 Å². The van der Waals surface area contributed by atoms with Crippen LogP contribution in [0.15, 0.2) is 54.6 Å². The Morgan fingerprint density at radius 1 is 1.06 bits per heavy atom. The Labute approximate surface area is 211 Å². The molecular weight excluding hydrogens is 457 g/mol. The van der Waals surface area contributed by atoms with Gasteiger partial charge in [0.25, 0.3) is 5.91 Å². The van der Waals surface area contributed by atoms with E-state index in [0.29, 0.717) is 24.9 Å². The number of aryl methyl sites for hydroxylation is 2. The molecule has 0 saturated carbocycles. The molecule has 1 aliphatic rings. The van der Waals surface area contributed by atoms with Crippen molar-refractivity contribution in [1.29, 1.82) is 0 Å². The van der Waals surface area contributed by atoms with Gasteiger partial charge in [-0.05, 0) is 94.0 Å². The molecule has 0 bridgehead atoms. The first kappa shape index (κ1) is 25.6. The molecule has 6 heteroatoms. The summed E-state index contributed by atoms with van der Waals surface area (Å²) < 4.78 is 20.0. The number of hydrogen-bond donors (Lipinski definition) is 1. The van der Waals surface area contributed by atoms with Crippen molar-refractivity contribution in [2.24, 2.45) is 0 Å². The van der Waals surface area contributed by atoms with E-state index in [2.05, 4.69) is 0 Å². The summed E-state index contributed by atoms with van der Waals surface area (Å²) in [5, 5.41) is 10.2. The number of aliphatic carboxylic acids is 1. The van der Waals surface area contributed by atoms with Crippen molar-refractivity contribution in [1.82, 2.24) is 0 Å². The Hall–Kier alpha value is -3.51. The highest BCUT2D eigenvalue weighted by Crippen LogP contribution is 2.44. The van der Waals surface area contributed by atoms with Crippen molar-refractivity contribution in [3.63, 3.8) is 0 Å². The van der Waals surface area contributed by atoms with Gasteiger partial charge in [0.2, 0.25) is 0 Å². The van der Waals surface area contributed by atoms with Crippen LogP contribution in [-0.2, 0) is 16.0 Å². The van der Waals surface area contributed by atoms with Gasteiger partial charge in [0, 0.05) is 23.4 Å². The highest BCUT2D eigenvalue weighted by atomic mass is 19.1. The Kier molecular flexibility index (Phi) is 7.01. The first-order chi connectivity index (χ1) is 17.0. The van der Waals surface area contributed by atoms with Gasteiger partial charge in [0.05, 0.1) is 5.60 Å². The summed E-state index contributed by atoms with van der Waals surface area (Å²) in [6.07, 6.45) is 0.203. The summed E-state index contributed by atoms with van der Waals surface area (Å²) in [4.78, 5) is 27.7. The maximum atomic E-state index is 13.9. The maximum Gasteiger partial charge on any atom is 0.337 e. The SMILES string of the molecule is Cc1ccc(-c2c3c(cc(C)c2C(OC(C)(C)C)C(=O)O)N(C(=O)c2cccc(F)c2)CCC3)cc1. The van der Waals surface area contributed by atoms with E-state index in [9.17, 15) is 19.1 Å². The molecule has 0 aromatic heterocycles. The minimum Gasteiger partial charge on any atom is -0.479 e. The fourth-order valence-corrected chi connectivity index (χ4v) is 4.85. The summed E-state index contributed by atoms with van der Waals surface area (Å²) in [6.45, 7) is 9.85. The lowest BCUT2D eigenvalue weighted by Gasteiger charge is -2.35. The fraction of sp³-hybridized carbons (Fsp3) is 0.333. The van der Waals surface area contributed by atoms with Crippen molar-refractivity contribution in [3.8, 4) is 11.1 Å².